The molecule has 0 aliphatic heterocycles. The van der Waals surface area contributed by atoms with Gasteiger partial charge < -0.3 is 0 Å². The Morgan fingerprint density at radius 3 is 1.50 bits per heavy atom. The Kier molecular flexibility index (Phi) is 3.10. The summed E-state index contributed by atoms with van der Waals surface area (Å²) in [5, 5.41) is 0. The van der Waals surface area contributed by atoms with Crippen molar-refractivity contribution in [2.75, 3.05) is 0 Å². The van der Waals surface area contributed by atoms with Crippen molar-refractivity contribution in [2.24, 2.45) is 23.7 Å². The molecular weight excluding hydrogens is 168 g/mol. The molecule has 4 atom stereocenters. The molecule has 0 saturated heterocycles. The molecule has 0 heteroatoms. The molecule has 0 radical (unpaired) electrons. The SMILES string of the molecule is C=CC1CCC2C[C@H](C=C)CC[C@@H]2C1. The number of hydrogen-bond donors (Lipinski definition) is 0. The van der Waals surface area contributed by atoms with Gasteiger partial charge in [-0.05, 0) is 62.2 Å². The highest BCUT2D eigenvalue weighted by Crippen LogP contribution is 2.44. The maximum absolute atomic E-state index is 3.94. The highest BCUT2D eigenvalue weighted by atomic mass is 14.4. The van der Waals surface area contributed by atoms with Gasteiger partial charge >= 0.3 is 0 Å². The highest BCUT2D eigenvalue weighted by molar-refractivity contribution is 4.94. The molecule has 0 aromatic heterocycles. The fraction of sp³-hybridized carbons (Fsp3) is 0.714. The Hall–Kier alpha value is -0.520. The molecule has 0 amide bonds. The van der Waals surface area contributed by atoms with Gasteiger partial charge in [0, 0.05) is 0 Å². The molecule has 2 rings (SSSR count). The zero-order chi connectivity index (χ0) is 9.97. The molecule has 2 saturated carbocycles. The average molecular weight is 190 g/mol. The van der Waals surface area contributed by atoms with Crippen molar-refractivity contribution in [3.05, 3.63) is 25.3 Å². The van der Waals surface area contributed by atoms with Crippen LogP contribution in [0.4, 0.5) is 0 Å². The van der Waals surface area contributed by atoms with Crippen molar-refractivity contribution in [2.45, 2.75) is 38.5 Å². The number of fused-ring (bicyclic) bond motifs is 1. The lowest BCUT2D eigenvalue weighted by atomic mass is 9.65. The maximum Gasteiger partial charge on any atom is -0.0233 e. The van der Waals surface area contributed by atoms with E-state index in [1.807, 2.05) is 0 Å². The van der Waals surface area contributed by atoms with Crippen LogP contribution in [0, 0.1) is 23.7 Å². The molecule has 0 N–H and O–H groups in total. The topological polar surface area (TPSA) is 0 Å². The van der Waals surface area contributed by atoms with Crippen LogP contribution in [0.1, 0.15) is 38.5 Å². The van der Waals surface area contributed by atoms with Crippen molar-refractivity contribution >= 4 is 0 Å². The van der Waals surface area contributed by atoms with Crippen molar-refractivity contribution in [3.63, 3.8) is 0 Å². The first-order valence-electron chi connectivity index (χ1n) is 6.08. The second-order valence-electron chi connectivity index (χ2n) is 5.14. The third kappa shape index (κ3) is 1.94. The summed E-state index contributed by atoms with van der Waals surface area (Å²) >= 11 is 0. The summed E-state index contributed by atoms with van der Waals surface area (Å²) in [7, 11) is 0. The summed E-state index contributed by atoms with van der Waals surface area (Å²) in [5.74, 6) is 3.64. The van der Waals surface area contributed by atoms with Gasteiger partial charge in [-0.15, -0.1) is 13.2 Å². The highest BCUT2D eigenvalue weighted by Gasteiger charge is 2.33. The van der Waals surface area contributed by atoms with Gasteiger partial charge in [-0.3, -0.25) is 0 Å². The van der Waals surface area contributed by atoms with Crippen LogP contribution in [0.2, 0.25) is 0 Å². The summed E-state index contributed by atoms with van der Waals surface area (Å²) in [6, 6.07) is 0. The summed E-state index contributed by atoms with van der Waals surface area (Å²) in [4.78, 5) is 0. The van der Waals surface area contributed by atoms with Crippen LogP contribution in [-0.4, -0.2) is 0 Å². The lowest BCUT2D eigenvalue weighted by molar-refractivity contribution is 0.126. The van der Waals surface area contributed by atoms with Crippen molar-refractivity contribution in [3.8, 4) is 0 Å². The van der Waals surface area contributed by atoms with Gasteiger partial charge in [-0.1, -0.05) is 12.2 Å². The van der Waals surface area contributed by atoms with E-state index in [4.69, 9.17) is 0 Å². The van der Waals surface area contributed by atoms with Gasteiger partial charge in [0.1, 0.15) is 0 Å². The average Bonchev–Trinajstić information content (AvgIpc) is 2.27. The zero-order valence-electron chi connectivity index (χ0n) is 9.12. The van der Waals surface area contributed by atoms with Crippen molar-refractivity contribution in [1.82, 2.24) is 0 Å². The lowest BCUT2D eigenvalue weighted by Gasteiger charge is -2.40. The fourth-order valence-electron chi connectivity index (χ4n) is 3.39. The first kappa shape index (κ1) is 10.0. The first-order chi connectivity index (χ1) is 6.83. The van der Waals surface area contributed by atoms with Gasteiger partial charge in [0.15, 0.2) is 0 Å². The number of hydrogen-bond acceptors (Lipinski definition) is 0. The number of allylic oxidation sites excluding steroid dienone is 2. The van der Waals surface area contributed by atoms with Gasteiger partial charge in [-0.2, -0.15) is 0 Å². The van der Waals surface area contributed by atoms with E-state index in [-0.39, 0.29) is 0 Å². The fourth-order valence-corrected chi connectivity index (χ4v) is 3.39. The minimum atomic E-state index is 0.816. The summed E-state index contributed by atoms with van der Waals surface area (Å²) in [6.07, 6.45) is 12.8. The monoisotopic (exact) mass is 190 g/mol. The van der Waals surface area contributed by atoms with Gasteiger partial charge in [0.25, 0.3) is 0 Å². The Morgan fingerprint density at radius 2 is 1.14 bits per heavy atom. The van der Waals surface area contributed by atoms with Gasteiger partial charge in [0.05, 0.1) is 0 Å². The Morgan fingerprint density at radius 1 is 0.714 bits per heavy atom. The van der Waals surface area contributed by atoms with Crippen LogP contribution in [0.25, 0.3) is 0 Å². The molecule has 14 heavy (non-hydrogen) atoms. The van der Waals surface area contributed by atoms with E-state index in [0.29, 0.717) is 0 Å². The molecule has 0 bridgehead atoms. The Labute approximate surface area is 88.1 Å². The normalized spacial score (nSPS) is 42.6. The molecule has 0 spiro atoms. The molecule has 0 nitrogen and oxygen atoms in total. The van der Waals surface area contributed by atoms with Crippen molar-refractivity contribution in [1.29, 1.82) is 0 Å². The lowest BCUT2D eigenvalue weighted by Crippen LogP contribution is -2.29. The van der Waals surface area contributed by atoms with E-state index >= 15 is 0 Å². The van der Waals surface area contributed by atoms with Crippen LogP contribution in [-0.2, 0) is 0 Å². The quantitative estimate of drug-likeness (QED) is 0.573. The number of rotatable bonds is 2. The van der Waals surface area contributed by atoms with E-state index in [1.165, 1.54) is 38.5 Å². The second kappa shape index (κ2) is 4.33. The van der Waals surface area contributed by atoms with Crippen LogP contribution in [0.15, 0.2) is 25.3 Å². The van der Waals surface area contributed by atoms with E-state index in [0.717, 1.165) is 23.7 Å². The summed E-state index contributed by atoms with van der Waals surface area (Å²) in [6.45, 7) is 7.87. The molecule has 0 heterocycles. The van der Waals surface area contributed by atoms with Gasteiger partial charge in [0.2, 0.25) is 0 Å². The van der Waals surface area contributed by atoms with E-state index in [2.05, 4.69) is 25.3 Å². The molecule has 78 valence electrons. The van der Waals surface area contributed by atoms with Crippen molar-refractivity contribution < 1.29 is 0 Å². The third-order valence-electron chi connectivity index (χ3n) is 4.36. The van der Waals surface area contributed by atoms with E-state index in [1.54, 1.807) is 0 Å². The third-order valence-corrected chi connectivity index (χ3v) is 4.36. The van der Waals surface area contributed by atoms with E-state index < -0.39 is 0 Å². The first-order valence-corrected chi connectivity index (χ1v) is 6.08. The van der Waals surface area contributed by atoms with Crippen LogP contribution in [0.5, 0.6) is 0 Å². The van der Waals surface area contributed by atoms with Crippen LogP contribution < -0.4 is 0 Å². The second-order valence-corrected chi connectivity index (χ2v) is 5.14. The summed E-state index contributed by atoms with van der Waals surface area (Å²) < 4.78 is 0. The van der Waals surface area contributed by atoms with Gasteiger partial charge in [-0.25, -0.2) is 0 Å². The Bertz CT molecular complexity index is 192. The largest absolute Gasteiger partial charge is 0.103 e. The predicted molar refractivity (Wildman–Crippen MR) is 62.1 cm³/mol. The maximum atomic E-state index is 3.94. The zero-order valence-corrected chi connectivity index (χ0v) is 9.12. The molecule has 0 aromatic carbocycles. The Balaban J connectivity index is 1.94. The molecule has 2 fully saturated rings. The smallest absolute Gasteiger partial charge is 0.0233 e. The molecule has 2 unspecified atom stereocenters. The van der Waals surface area contributed by atoms with Crippen LogP contribution >= 0.6 is 0 Å². The minimum Gasteiger partial charge on any atom is -0.103 e. The standard InChI is InChI=1S/C14H22/c1-3-11-5-7-14-10-12(4-2)6-8-13(14)9-11/h3-4,11-14H,1-2,5-10H2/t11-,12?,13?,14-/m1/s1. The minimum absolute atomic E-state index is 0.816. The molecule has 0 aromatic rings. The molecule has 2 aliphatic rings. The predicted octanol–water partition coefficient (Wildman–Crippen LogP) is 4.19. The molecule has 2 aliphatic carbocycles. The van der Waals surface area contributed by atoms with E-state index in [9.17, 15) is 0 Å². The summed E-state index contributed by atoms with van der Waals surface area (Å²) in [5.41, 5.74) is 0. The van der Waals surface area contributed by atoms with Crippen LogP contribution in [0.3, 0.4) is 0 Å². The molecular formula is C14H22.